The minimum Gasteiger partial charge on any atom is -0.618 e. The first-order chi connectivity index (χ1) is 15.5. The number of hydrogen-bond donors (Lipinski definition) is 1. The van der Waals surface area contributed by atoms with E-state index in [1.54, 1.807) is 11.5 Å². The van der Waals surface area contributed by atoms with Gasteiger partial charge >= 0.3 is 0 Å². The fourth-order valence-electron chi connectivity index (χ4n) is 5.02. The lowest BCUT2D eigenvalue weighted by molar-refractivity contribution is -0.743. The molecule has 1 aromatic heterocycles. The van der Waals surface area contributed by atoms with Crippen LogP contribution in [-0.4, -0.2) is 62.2 Å². The number of unbranched alkanes of at least 4 members (excludes halogenated alkanes) is 1. The van der Waals surface area contributed by atoms with Crippen LogP contribution in [0, 0.1) is 11.1 Å². The zero-order valence-corrected chi connectivity index (χ0v) is 20.7. The van der Waals surface area contributed by atoms with Gasteiger partial charge in [0.25, 0.3) is 10.0 Å². The third-order valence-corrected chi connectivity index (χ3v) is 9.73. The third kappa shape index (κ3) is 5.62. The lowest BCUT2D eigenvalue weighted by atomic mass is 9.84. The number of aromatic nitrogens is 1. The molecule has 1 atom stereocenters. The number of piperazine rings is 1. The van der Waals surface area contributed by atoms with E-state index in [0.717, 1.165) is 77.1 Å². The molecule has 0 amide bonds. The summed E-state index contributed by atoms with van der Waals surface area (Å²) in [5.74, 6) is 1.75. The average molecular weight is 481 g/mol. The van der Waals surface area contributed by atoms with E-state index in [1.807, 2.05) is 6.92 Å². The Balaban J connectivity index is 1.18. The first-order valence-electron chi connectivity index (χ1n) is 12.1. The zero-order valence-electron chi connectivity index (χ0n) is 19.0. The minimum atomic E-state index is -3.56. The number of nitrogens with one attached hydrogen (secondary N) is 1. The predicted molar refractivity (Wildman–Crippen MR) is 132 cm³/mol. The molecular formula is C23H36N4O3S2. The summed E-state index contributed by atoms with van der Waals surface area (Å²) in [6.07, 6.45) is 5.94. The highest BCUT2D eigenvalue weighted by molar-refractivity contribution is 7.85. The molecule has 1 unspecified atom stereocenters. The van der Waals surface area contributed by atoms with E-state index < -0.39 is 14.5 Å². The number of anilines is 1. The molecule has 1 saturated heterocycles. The molecule has 1 N–H and O–H groups in total. The van der Waals surface area contributed by atoms with E-state index in [0.29, 0.717) is 12.3 Å². The Morgan fingerprint density at radius 2 is 1.84 bits per heavy atom. The summed E-state index contributed by atoms with van der Waals surface area (Å²) in [6.45, 7) is 7.15. The first-order valence-corrected chi connectivity index (χ1v) is 14.5. The van der Waals surface area contributed by atoms with Crippen LogP contribution in [0.3, 0.4) is 0 Å². The van der Waals surface area contributed by atoms with Crippen molar-refractivity contribution in [3.05, 3.63) is 29.5 Å². The number of nitrogens with zero attached hydrogens (tertiary/aromatic N) is 3. The van der Waals surface area contributed by atoms with Gasteiger partial charge < -0.3 is 10.1 Å². The van der Waals surface area contributed by atoms with Gasteiger partial charge in [-0.15, -0.1) is 0 Å². The van der Waals surface area contributed by atoms with Crippen LogP contribution in [0.1, 0.15) is 51.9 Å². The second-order valence-electron chi connectivity index (χ2n) is 9.33. The van der Waals surface area contributed by atoms with Crippen LogP contribution < -0.4 is 9.37 Å². The lowest BCUT2D eigenvalue weighted by Gasteiger charge is -2.37. The largest absolute Gasteiger partial charge is 0.618 e. The molecular weight excluding hydrogens is 444 g/mol. The zero-order chi connectivity index (χ0) is 22.6. The van der Waals surface area contributed by atoms with Gasteiger partial charge in [-0.2, -0.15) is 12.8 Å². The molecule has 9 heteroatoms. The summed E-state index contributed by atoms with van der Waals surface area (Å²) < 4.78 is 29.9. The van der Waals surface area contributed by atoms with Crippen LogP contribution in [0.25, 0.3) is 10.1 Å². The number of sulfonamides is 1. The molecule has 178 valence electrons. The lowest BCUT2D eigenvalue weighted by Crippen LogP contribution is -3.13. The minimum absolute atomic E-state index is 0.0188. The van der Waals surface area contributed by atoms with Crippen molar-refractivity contribution in [2.45, 2.75) is 57.9 Å². The second kappa shape index (κ2) is 10.8. The summed E-state index contributed by atoms with van der Waals surface area (Å²) in [5.41, 5.74) is 0. The summed E-state index contributed by atoms with van der Waals surface area (Å²) >= 11 is 1.58. The van der Waals surface area contributed by atoms with Crippen molar-refractivity contribution in [1.29, 1.82) is 0 Å². The van der Waals surface area contributed by atoms with Gasteiger partial charge in [0.05, 0.1) is 4.70 Å². The molecule has 1 aliphatic carbocycles. The van der Waals surface area contributed by atoms with Crippen molar-refractivity contribution >= 4 is 37.5 Å². The fraction of sp³-hybridized carbons (Fsp3) is 0.696. The van der Waals surface area contributed by atoms with Crippen LogP contribution >= 0.6 is 11.5 Å². The summed E-state index contributed by atoms with van der Waals surface area (Å²) in [4.78, 5) is 4.95. The molecule has 0 radical (unpaired) electrons. The maximum Gasteiger partial charge on any atom is 0.295 e. The average Bonchev–Trinajstić information content (AvgIpc) is 3.26. The molecule has 0 spiro atoms. The van der Waals surface area contributed by atoms with Crippen LogP contribution in [0.2, 0.25) is 0 Å². The Labute approximate surface area is 196 Å². The first kappa shape index (κ1) is 23.9. The van der Waals surface area contributed by atoms with Crippen molar-refractivity contribution in [3.63, 3.8) is 0 Å². The summed E-state index contributed by atoms with van der Waals surface area (Å²) in [6, 6.07) is 8.17. The summed E-state index contributed by atoms with van der Waals surface area (Å²) in [5, 5.41) is 13.7. The molecule has 2 aromatic rings. The summed E-state index contributed by atoms with van der Waals surface area (Å²) in [7, 11) is -3.56. The number of hydroxylamine groups is 1. The SMILES string of the molecule is CCCCS(=O)(=O)[NH+]([O-])C1CCC(CCN2CCN(c3nsc4ccccc34)CC2)CC1. The predicted octanol–water partition coefficient (Wildman–Crippen LogP) is 2.88. The Hall–Kier alpha value is -1.26. The van der Waals surface area contributed by atoms with Crippen molar-refractivity contribution in [2.75, 3.05) is 43.4 Å². The van der Waals surface area contributed by atoms with Crippen molar-refractivity contribution < 1.29 is 12.9 Å². The van der Waals surface area contributed by atoms with Gasteiger partial charge in [-0.05, 0) is 61.8 Å². The number of fused-ring (bicyclic) bond motifs is 1. The van der Waals surface area contributed by atoms with Crippen molar-refractivity contribution in [2.24, 2.45) is 5.92 Å². The molecule has 0 bridgehead atoms. The third-order valence-electron chi connectivity index (χ3n) is 7.14. The molecule has 2 fully saturated rings. The van der Waals surface area contributed by atoms with Gasteiger partial charge in [-0.3, -0.25) is 9.37 Å². The highest BCUT2D eigenvalue weighted by atomic mass is 32.2. The molecule has 1 aliphatic heterocycles. The molecule has 2 heterocycles. The maximum absolute atomic E-state index is 12.4. The fourth-order valence-corrected chi connectivity index (χ4v) is 7.43. The quantitative estimate of drug-likeness (QED) is 0.556. The van der Waals surface area contributed by atoms with E-state index in [4.69, 9.17) is 4.37 Å². The molecule has 2 aliphatic rings. The molecule has 1 saturated carbocycles. The van der Waals surface area contributed by atoms with E-state index in [1.165, 1.54) is 10.1 Å². The molecule has 7 nitrogen and oxygen atoms in total. The van der Waals surface area contributed by atoms with Crippen molar-refractivity contribution in [1.82, 2.24) is 9.27 Å². The number of rotatable bonds is 9. The van der Waals surface area contributed by atoms with Gasteiger partial charge in [0.2, 0.25) is 0 Å². The van der Waals surface area contributed by atoms with Crippen LogP contribution in [0.4, 0.5) is 5.82 Å². The Kier molecular flexibility index (Phi) is 8.04. The van der Waals surface area contributed by atoms with Crippen LogP contribution in [0.15, 0.2) is 24.3 Å². The monoisotopic (exact) mass is 480 g/mol. The van der Waals surface area contributed by atoms with Gasteiger partial charge in [-0.25, -0.2) is 0 Å². The second-order valence-corrected chi connectivity index (χ2v) is 12.2. The van der Waals surface area contributed by atoms with Crippen LogP contribution in [-0.2, 0) is 10.0 Å². The van der Waals surface area contributed by atoms with E-state index in [9.17, 15) is 13.6 Å². The Morgan fingerprint density at radius 1 is 1.12 bits per heavy atom. The topological polar surface area (TPSA) is 81.0 Å². The molecule has 4 rings (SSSR count). The van der Waals surface area contributed by atoms with Gasteiger partial charge in [0, 0.05) is 44.4 Å². The molecule has 1 aromatic carbocycles. The number of quaternary nitrogens is 1. The number of hydrogen-bond acceptors (Lipinski definition) is 7. The Morgan fingerprint density at radius 3 is 2.56 bits per heavy atom. The number of benzene rings is 1. The standard InChI is InChI=1S/C23H36N4O3S2/c1-2-3-18-32(29,30)27(28)20-10-8-19(9-11-20)12-13-25-14-16-26(17-15-25)23-21-6-4-5-7-22(21)31-24-23/h4-7,19-20,27H,2-3,8-18H2,1H3. The van der Waals surface area contributed by atoms with Crippen LogP contribution in [0.5, 0.6) is 0 Å². The maximum atomic E-state index is 12.4. The van der Waals surface area contributed by atoms with Gasteiger partial charge in [-0.1, -0.05) is 25.5 Å². The van der Waals surface area contributed by atoms with Gasteiger partial charge in [0.1, 0.15) is 17.6 Å². The van der Waals surface area contributed by atoms with Gasteiger partial charge in [0.15, 0.2) is 0 Å². The van der Waals surface area contributed by atoms with Crippen molar-refractivity contribution in [3.8, 4) is 0 Å². The normalized spacial score (nSPS) is 24.1. The van der Waals surface area contributed by atoms with E-state index in [-0.39, 0.29) is 11.8 Å². The highest BCUT2D eigenvalue weighted by Crippen LogP contribution is 2.30. The highest BCUT2D eigenvalue weighted by Gasteiger charge is 2.31. The van der Waals surface area contributed by atoms with E-state index in [2.05, 4.69) is 34.1 Å². The van der Waals surface area contributed by atoms with E-state index >= 15 is 0 Å². The molecule has 32 heavy (non-hydrogen) atoms. The Bertz CT molecular complexity index is 965. The smallest absolute Gasteiger partial charge is 0.295 e.